The predicted molar refractivity (Wildman–Crippen MR) is 112 cm³/mol. The van der Waals surface area contributed by atoms with Gasteiger partial charge in [0.05, 0.1) is 11.8 Å². The van der Waals surface area contributed by atoms with Crippen molar-refractivity contribution in [3.63, 3.8) is 0 Å². The zero-order valence-electron chi connectivity index (χ0n) is 17.0. The highest BCUT2D eigenvalue weighted by molar-refractivity contribution is 6.07. The van der Waals surface area contributed by atoms with Gasteiger partial charge in [-0.2, -0.15) is 4.98 Å². The lowest BCUT2D eigenvalue weighted by atomic mass is 10.1. The molecule has 0 bridgehead atoms. The maximum atomic E-state index is 14.1. The summed E-state index contributed by atoms with van der Waals surface area (Å²) in [4.78, 5) is 29.9. The van der Waals surface area contributed by atoms with Gasteiger partial charge in [-0.25, -0.2) is 14.4 Å². The van der Waals surface area contributed by atoms with Crippen LogP contribution in [0.5, 0.6) is 0 Å². The summed E-state index contributed by atoms with van der Waals surface area (Å²) in [6.45, 7) is 9.82. The molecule has 6 nitrogen and oxygen atoms in total. The molecule has 0 unspecified atom stereocenters. The van der Waals surface area contributed by atoms with Crippen LogP contribution in [-0.4, -0.2) is 41.7 Å². The number of unbranched alkanes of at least 4 members (excludes halogenated alkanes) is 1. The first-order valence-corrected chi connectivity index (χ1v) is 9.78. The molecule has 0 fully saturated rings. The highest BCUT2D eigenvalue weighted by Crippen LogP contribution is 2.29. The molecule has 0 radical (unpaired) electrons. The normalized spacial score (nSPS) is 11.0. The molecule has 1 aromatic heterocycles. The van der Waals surface area contributed by atoms with E-state index in [1.807, 2.05) is 25.7 Å². The smallest absolute Gasteiger partial charge is 0.261 e. The van der Waals surface area contributed by atoms with Crippen LogP contribution in [0.25, 0.3) is 0 Å². The van der Waals surface area contributed by atoms with Crippen molar-refractivity contribution in [1.29, 1.82) is 0 Å². The first-order valence-electron chi connectivity index (χ1n) is 9.78. The van der Waals surface area contributed by atoms with Gasteiger partial charge in [-0.05, 0) is 39.3 Å². The average molecular weight is 385 g/mol. The van der Waals surface area contributed by atoms with Crippen molar-refractivity contribution in [1.82, 2.24) is 9.97 Å². The number of rotatable bonds is 9. The zero-order valence-corrected chi connectivity index (χ0v) is 17.0. The minimum atomic E-state index is -0.553. The van der Waals surface area contributed by atoms with Crippen LogP contribution in [0.4, 0.5) is 21.8 Å². The third kappa shape index (κ3) is 4.91. The van der Waals surface area contributed by atoms with Crippen LogP contribution in [0.15, 0.2) is 35.5 Å². The second kappa shape index (κ2) is 10.5. The van der Waals surface area contributed by atoms with Crippen molar-refractivity contribution in [2.45, 2.75) is 40.5 Å². The Labute approximate surface area is 166 Å². The second-order valence-corrected chi connectivity index (χ2v) is 6.18. The molecule has 28 heavy (non-hydrogen) atoms. The molecule has 2 rings (SSSR count). The SMILES string of the molecule is CCCC=Nc1nc(N(CC)CC)ncc1N(CC)C(=O)c1ccccc1F. The monoisotopic (exact) mass is 385 g/mol. The fourth-order valence-electron chi connectivity index (χ4n) is 2.79. The van der Waals surface area contributed by atoms with E-state index in [0.29, 0.717) is 24.0 Å². The molecule has 1 heterocycles. The molecular weight excluding hydrogens is 357 g/mol. The number of hydrogen-bond donors (Lipinski definition) is 0. The number of aromatic nitrogens is 2. The maximum absolute atomic E-state index is 14.1. The van der Waals surface area contributed by atoms with Gasteiger partial charge in [0.1, 0.15) is 11.5 Å². The molecule has 0 saturated heterocycles. The van der Waals surface area contributed by atoms with Gasteiger partial charge in [0.25, 0.3) is 5.91 Å². The first-order chi connectivity index (χ1) is 13.6. The Morgan fingerprint density at radius 3 is 2.46 bits per heavy atom. The van der Waals surface area contributed by atoms with Crippen LogP contribution in [0.1, 0.15) is 50.9 Å². The van der Waals surface area contributed by atoms with Crippen LogP contribution in [0.3, 0.4) is 0 Å². The topological polar surface area (TPSA) is 61.7 Å². The molecule has 0 aliphatic rings. The molecule has 0 aliphatic heterocycles. The standard InChI is InChI=1S/C21H28FN5O/c1-5-9-14-23-19-18(15-24-21(25-19)26(6-2)7-3)27(8-4)20(28)16-12-10-11-13-17(16)22/h10-15H,5-9H2,1-4H3. The number of halogens is 1. The van der Waals surface area contributed by atoms with E-state index >= 15 is 0 Å². The summed E-state index contributed by atoms with van der Waals surface area (Å²) in [5.41, 5.74) is 0.486. The van der Waals surface area contributed by atoms with Crippen molar-refractivity contribution in [3.05, 3.63) is 41.8 Å². The minimum Gasteiger partial charge on any atom is -0.341 e. The third-order valence-corrected chi connectivity index (χ3v) is 4.37. The largest absolute Gasteiger partial charge is 0.341 e. The molecule has 150 valence electrons. The van der Waals surface area contributed by atoms with Gasteiger partial charge in [0, 0.05) is 25.8 Å². The van der Waals surface area contributed by atoms with Crippen molar-refractivity contribution in [2.24, 2.45) is 4.99 Å². The van der Waals surface area contributed by atoms with E-state index in [0.717, 1.165) is 25.9 Å². The third-order valence-electron chi connectivity index (χ3n) is 4.37. The van der Waals surface area contributed by atoms with Gasteiger partial charge in [-0.3, -0.25) is 4.79 Å². The van der Waals surface area contributed by atoms with Crippen molar-refractivity contribution < 1.29 is 9.18 Å². The molecule has 0 atom stereocenters. The molecule has 7 heteroatoms. The van der Waals surface area contributed by atoms with E-state index < -0.39 is 11.7 Å². The highest BCUT2D eigenvalue weighted by Gasteiger charge is 2.23. The van der Waals surface area contributed by atoms with Gasteiger partial charge in [0.2, 0.25) is 5.95 Å². The Kier molecular flexibility index (Phi) is 8.04. The Balaban J connectivity index is 2.50. The van der Waals surface area contributed by atoms with Gasteiger partial charge < -0.3 is 9.80 Å². The second-order valence-electron chi connectivity index (χ2n) is 6.18. The number of carbonyl (C=O) groups excluding carboxylic acids is 1. The Morgan fingerprint density at radius 2 is 1.86 bits per heavy atom. The lowest BCUT2D eigenvalue weighted by Crippen LogP contribution is -2.32. The van der Waals surface area contributed by atoms with E-state index in [2.05, 4.69) is 21.9 Å². The summed E-state index contributed by atoms with van der Waals surface area (Å²) in [7, 11) is 0. The molecule has 1 aromatic carbocycles. The number of hydrogen-bond acceptors (Lipinski definition) is 5. The summed E-state index contributed by atoms with van der Waals surface area (Å²) in [5, 5.41) is 0. The summed E-state index contributed by atoms with van der Waals surface area (Å²) < 4.78 is 14.1. The number of anilines is 2. The summed E-state index contributed by atoms with van der Waals surface area (Å²) in [6, 6.07) is 5.96. The summed E-state index contributed by atoms with van der Waals surface area (Å²) in [6.07, 6.45) is 5.15. The number of carbonyl (C=O) groups is 1. The predicted octanol–water partition coefficient (Wildman–Crippen LogP) is 4.63. The van der Waals surface area contributed by atoms with Crippen LogP contribution in [0, 0.1) is 5.82 Å². The number of amides is 1. The van der Waals surface area contributed by atoms with Crippen LogP contribution >= 0.6 is 0 Å². The molecule has 0 saturated carbocycles. The molecule has 0 spiro atoms. The van der Waals surface area contributed by atoms with Crippen molar-refractivity contribution in [2.75, 3.05) is 29.4 Å². The Hall–Kier alpha value is -2.83. The summed E-state index contributed by atoms with van der Waals surface area (Å²) in [5.74, 6) is -0.0157. The van der Waals surface area contributed by atoms with Gasteiger partial charge in [0.15, 0.2) is 5.82 Å². The van der Waals surface area contributed by atoms with Gasteiger partial charge in [-0.1, -0.05) is 25.5 Å². The van der Waals surface area contributed by atoms with Crippen LogP contribution < -0.4 is 9.80 Å². The first kappa shape index (κ1) is 21.5. The molecular formula is C21H28FN5O. The Morgan fingerprint density at radius 1 is 1.14 bits per heavy atom. The van der Waals surface area contributed by atoms with Crippen molar-refractivity contribution in [3.8, 4) is 0 Å². The van der Waals surface area contributed by atoms with Gasteiger partial charge >= 0.3 is 0 Å². The molecule has 2 aromatic rings. The number of benzene rings is 1. The van der Waals surface area contributed by atoms with E-state index in [1.165, 1.54) is 17.0 Å². The van der Waals surface area contributed by atoms with Crippen LogP contribution in [0.2, 0.25) is 0 Å². The van der Waals surface area contributed by atoms with E-state index in [1.54, 1.807) is 24.5 Å². The fraction of sp³-hybridized carbons (Fsp3) is 0.429. The zero-order chi connectivity index (χ0) is 20.5. The number of aliphatic imine (C=N–C) groups is 1. The number of nitrogens with zero attached hydrogens (tertiary/aromatic N) is 5. The lowest BCUT2D eigenvalue weighted by Gasteiger charge is -2.24. The minimum absolute atomic E-state index is 0.0145. The van der Waals surface area contributed by atoms with Crippen LogP contribution in [-0.2, 0) is 0 Å². The molecule has 1 amide bonds. The quantitative estimate of drug-likeness (QED) is 0.591. The summed E-state index contributed by atoms with van der Waals surface area (Å²) >= 11 is 0. The molecule has 0 N–H and O–H groups in total. The van der Waals surface area contributed by atoms with Crippen molar-refractivity contribution >= 4 is 29.6 Å². The Bertz CT molecular complexity index is 820. The van der Waals surface area contributed by atoms with E-state index in [9.17, 15) is 9.18 Å². The lowest BCUT2D eigenvalue weighted by molar-refractivity contribution is 0.0984. The molecule has 0 aliphatic carbocycles. The fourth-order valence-corrected chi connectivity index (χ4v) is 2.79. The highest BCUT2D eigenvalue weighted by atomic mass is 19.1. The average Bonchev–Trinajstić information content (AvgIpc) is 2.71. The van der Waals surface area contributed by atoms with E-state index in [4.69, 9.17) is 0 Å². The van der Waals surface area contributed by atoms with E-state index in [-0.39, 0.29) is 5.56 Å². The van der Waals surface area contributed by atoms with Gasteiger partial charge in [-0.15, -0.1) is 0 Å². The maximum Gasteiger partial charge on any atom is 0.261 e.